The Morgan fingerprint density at radius 3 is 1.92 bits per heavy atom. The molecule has 3 aliphatic heterocycles. The number of nitrogens with zero attached hydrogens (tertiary/aromatic N) is 7. The van der Waals surface area contributed by atoms with Gasteiger partial charge in [0.2, 0.25) is 41.4 Å². The van der Waals surface area contributed by atoms with Gasteiger partial charge in [-0.25, -0.2) is 9.78 Å². The second-order valence-corrected chi connectivity index (χ2v) is 25.6. The van der Waals surface area contributed by atoms with Crippen LogP contribution in [0.15, 0.2) is 72.9 Å². The third-order valence-corrected chi connectivity index (χ3v) is 17.8. The van der Waals surface area contributed by atoms with Gasteiger partial charge in [0, 0.05) is 72.8 Å². The number of likely N-dealkylation sites (N-methyl/N-ethyl adjacent to an activating group) is 4. The number of ether oxygens (including phenoxy) is 1. The molecule has 3 fully saturated rings. The molecule has 0 radical (unpaired) electrons. The number of hydrogen-bond acceptors (Lipinski definition) is 13. The minimum atomic E-state index is -1.97. The van der Waals surface area contributed by atoms with Crippen LogP contribution in [0, 0.1) is 23.7 Å². The van der Waals surface area contributed by atoms with Gasteiger partial charge in [-0.2, -0.15) is 0 Å². The first kappa shape index (κ1) is 68.7. The van der Waals surface area contributed by atoms with Crippen LogP contribution in [0.4, 0.5) is 5.82 Å². The normalized spacial score (nSPS) is 25.4. The van der Waals surface area contributed by atoms with Crippen LogP contribution in [0.3, 0.4) is 0 Å². The maximum atomic E-state index is 15.6. The molecule has 0 spiro atoms. The Hall–Kier alpha value is -7.42. The van der Waals surface area contributed by atoms with Crippen molar-refractivity contribution in [2.45, 2.75) is 181 Å². The molecule has 3 saturated heterocycles. The van der Waals surface area contributed by atoms with Gasteiger partial charge in [0.25, 0.3) is 5.91 Å². The molecule has 476 valence electrons. The molecule has 8 amide bonds. The molecule has 87 heavy (non-hydrogen) atoms. The average Bonchev–Trinajstić information content (AvgIpc) is 4.21. The highest BCUT2D eigenvalue weighted by Gasteiger charge is 2.47. The molecule has 4 heterocycles. The van der Waals surface area contributed by atoms with Gasteiger partial charge < -0.3 is 55.2 Å². The molecule has 3 aromatic rings. The van der Waals surface area contributed by atoms with Crippen molar-refractivity contribution in [3.05, 3.63) is 84.1 Å². The number of aromatic nitrogens is 1. The van der Waals surface area contributed by atoms with E-state index in [2.05, 4.69) is 33.8 Å². The Bertz CT molecular complexity index is 2910. The van der Waals surface area contributed by atoms with Gasteiger partial charge in [-0.1, -0.05) is 109 Å². The Kier molecular flexibility index (Phi) is 24.1. The summed E-state index contributed by atoms with van der Waals surface area (Å²) in [6.07, 6.45) is 3.91. The molecule has 4 unspecified atom stereocenters. The maximum Gasteiger partial charge on any atom is 0.332 e. The molecule has 4 N–H and O–H groups in total. The summed E-state index contributed by atoms with van der Waals surface area (Å²) < 4.78 is 5.99. The molecule has 0 bridgehead atoms. The minimum Gasteiger partial charge on any atom is -0.450 e. The largest absolute Gasteiger partial charge is 0.450 e. The first-order valence-electron chi connectivity index (χ1n) is 31.1. The predicted octanol–water partition coefficient (Wildman–Crippen LogP) is 5.01. The molecule has 0 aliphatic carbocycles. The summed E-state index contributed by atoms with van der Waals surface area (Å²) in [7, 11) is 5.57. The number of carbonyl (C=O) groups excluding carboxylic acids is 9. The van der Waals surface area contributed by atoms with Crippen molar-refractivity contribution < 1.29 is 53.0 Å². The van der Waals surface area contributed by atoms with Crippen LogP contribution in [0.5, 0.6) is 0 Å². The van der Waals surface area contributed by atoms with E-state index in [0.29, 0.717) is 36.3 Å². The smallest absolute Gasteiger partial charge is 0.332 e. The number of pyridine rings is 1. The summed E-state index contributed by atoms with van der Waals surface area (Å²) in [5, 5.41) is 20.2. The molecule has 2 aromatic carbocycles. The van der Waals surface area contributed by atoms with Gasteiger partial charge in [-0.3, -0.25) is 38.4 Å². The lowest BCUT2D eigenvalue weighted by atomic mass is 9.94. The minimum absolute atomic E-state index is 0.00681. The monoisotopic (exact) mass is 1200 g/mol. The Morgan fingerprint density at radius 2 is 1.29 bits per heavy atom. The third-order valence-electron chi connectivity index (χ3n) is 17.8. The van der Waals surface area contributed by atoms with Crippen LogP contribution in [0.2, 0.25) is 0 Å². The molecule has 21 heteroatoms. The molecule has 6 rings (SSSR count). The Balaban J connectivity index is 1.45. The fraction of sp³-hybridized carbons (Fsp3) is 0.606. The van der Waals surface area contributed by atoms with E-state index in [1.165, 1.54) is 63.7 Å². The number of nitrogens with one attached hydrogen (secondary N) is 3. The lowest BCUT2D eigenvalue weighted by Gasteiger charge is -2.38. The van der Waals surface area contributed by atoms with Crippen molar-refractivity contribution in [1.29, 1.82) is 0 Å². The van der Waals surface area contributed by atoms with E-state index in [1.54, 1.807) is 51.2 Å². The van der Waals surface area contributed by atoms with Crippen LogP contribution in [0.1, 0.15) is 125 Å². The van der Waals surface area contributed by atoms with Crippen molar-refractivity contribution >= 4 is 59.0 Å². The van der Waals surface area contributed by atoms with Gasteiger partial charge in [0.05, 0.1) is 12.1 Å². The maximum absolute atomic E-state index is 15.6. The van der Waals surface area contributed by atoms with E-state index < -0.39 is 126 Å². The van der Waals surface area contributed by atoms with Crippen LogP contribution < -0.4 is 20.9 Å². The van der Waals surface area contributed by atoms with E-state index >= 15 is 9.59 Å². The quantitative estimate of drug-likeness (QED) is 0.165. The van der Waals surface area contributed by atoms with Gasteiger partial charge in [-0.05, 0) is 111 Å². The van der Waals surface area contributed by atoms with Crippen LogP contribution in [-0.2, 0) is 60.7 Å². The fourth-order valence-corrected chi connectivity index (χ4v) is 11.8. The van der Waals surface area contributed by atoms with Crippen molar-refractivity contribution in [3.8, 4) is 11.1 Å². The number of cyclic esters (lactones) is 1. The lowest BCUT2D eigenvalue weighted by molar-refractivity contribution is -0.176. The first-order valence-corrected chi connectivity index (χ1v) is 31.1. The van der Waals surface area contributed by atoms with Crippen LogP contribution in [0.25, 0.3) is 11.1 Å². The average molecular weight is 1210 g/mol. The van der Waals surface area contributed by atoms with Gasteiger partial charge in [-0.15, -0.1) is 0 Å². The number of anilines is 1. The van der Waals surface area contributed by atoms with Crippen LogP contribution in [-0.4, -0.2) is 196 Å². The molecular formula is C66H96N10O11. The molecule has 10 atom stereocenters. The predicted molar refractivity (Wildman–Crippen MR) is 332 cm³/mol. The summed E-state index contributed by atoms with van der Waals surface area (Å²) in [4.78, 5) is 146. The second-order valence-electron chi connectivity index (χ2n) is 25.6. The van der Waals surface area contributed by atoms with Gasteiger partial charge >= 0.3 is 5.97 Å². The number of rotatable bonds is 13. The zero-order chi connectivity index (χ0) is 64.2. The number of benzene rings is 2. The summed E-state index contributed by atoms with van der Waals surface area (Å²) in [5.41, 5.74) is 1.19. The standard InChI is InChI=1S/C66H96N10O11/c1-15-42(6)55-63(83)72(12)44(8)58(78)69-49(34-40(3)4)61(81)74(14)57(66(9,10)86)65(85)87-56(43(7)16-2)64(84)71(11)39-54(77)68-50(36-45-22-18-17-19-23-45)60(80)73(13)52(62(82)76-31-21-26-51(76)59(79)70-55)37-46-24-20-25-47(35-46)48-27-30-67-53(38-48)75-32-28-41(5)29-33-75/h17-20,22-25,27,30,35,38,40-44,49-52,55-57,86H,15-16,21,26,28-29,31-34,36-37,39H2,1-14H3,(H,68,77)(H,69,78)(H,70,79)/t42?,43-,44+,49+,50?,51+,52?,55+,56?,57-/m1/s1. The Labute approximate surface area is 514 Å². The van der Waals surface area contributed by atoms with E-state index in [4.69, 9.17) is 9.72 Å². The van der Waals surface area contributed by atoms with Gasteiger partial charge in [0.15, 0.2) is 12.1 Å². The zero-order valence-corrected chi connectivity index (χ0v) is 53.7. The molecule has 21 nitrogen and oxygen atoms in total. The number of aliphatic hydroxyl groups is 1. The summed E-state index contributed by atoms with van der Waals surface area (Å²) in [5.74, 6) is -6.26. The summed E-state index contributed by atoms with van der Waals surface area (Å²) in [6.45, 7) is 18.5. The number of fused-ring (bicyclic) bond motifs is 1. The lowest BCUT2D eigenvalue weighted by Crippen LogP contribution is -2.62. The topological polar surface area (TPSA) is 252 Å². The van der Waals surface area contributed by atoms with Crippen molar-refractivity contribution in [1.82, 2.24) is 45.4 Å². The second kappa shape index (κ2) is 30.5. The number of esters is 1. The third kappa shape index (κ3) is 17.4. The van der Waals surface area contributed by atoms with E-state index in [0.717, 1.165) is 52.7 Å². The molecule has 1 aromatic heterocycles. The highest BCUT2D eigenvalue weighted by atomic mass is 16.6. The van der Waals surface area contributed by atoms with Crippen molar-refractivity contribution in [2.75, 3.05) is 59.3 Å². The van der Waals surface area contributed by atoms with E-state index in [9.17, 15) is 38.7 Å². The SMILES string of the molecule is CCC(C)[C@@H]1NC(=O)[C@@H]2CCCN2C(=O)C(Cc2cccc(-c3ccnc(N4CCC(C)CC4)c3)c2)N(C)C(=O)C(Cc2ccccc2)NC(=O)CN(C)C(=O)C([C@H](C)CC)OC(=O)[C@H](C(C)(C)O)N(C)C(=O)[C@H](CC(C)C)NC(=O)[C@H](C)N(C)C1=O. The van der Waals surface area contributed by atoms with E-state index in [1.807, 2.05) is 57.2 Å². The number of carbonyl (C=O) groups is 9. The zero-order valence-electron chi connectivity index (χ0n) is 53.7. The molecule has 0 saturated carbocycles. The van der Waals surface area contributed by atoms with Crippen molar-refractivity contribution in [3.63, 3.8) is 0 Å². The molecule has 3 aliphatic rings. The number of hydrogen-bond donors (Lipinski definition) is 4. The summed E-state index contributed by atoms with van der Waals surface area (Å²) >= 11 is 0. The number of amides is 8. The Morgan fingerprint density at radius 1 is 0.655 bits per heavy atom. The summed E-state index contributed by atoms with van der Waals surface area (Å²) in [6, 6.07) is 11.8. The van der Waals surface area contributed by atoms with Crippen LogP contribution >= 0.6 is 0 Å². The molecular weight excluding hydrogens is 1110 g/mol. The highest BCUT2D eigenvalue weighted by Crippen LogP contribution is 2.30. The fourth-order valence-electron chi connectivity index (χ4n) is 11.8. The van der Waals surface area contributed by atoms with Gasteiger partial charge in [0.1, 0.15) is 42.1 Å². The first-order chi connectivity index (χ1) is 41.1. The highest BCUT2D eigenvalue weighted by molar-refractivity contribution is 5.98. The number of piperidine rings is 1. The van der Waals surface area contributed by atoms with E-state index in [-0.39, 0.29) is 38.1 Å². The van der Waals surface area contributed by atoms with Crippen molar-refractivity contribution in [2.24, 2.45) is 23.7 Å².